The van der Waals surface area contributed by atoms with Gasteiger partial charge < -0.3 is 5.32 Å². The van der Waals surface area contributed by atoms with Crippen LogP contribution in [-0.2, 0) is 4.79 Å². The van der Waals surface area contributed by atoms with Gasteiger partial charge in [0.05, 0.1) is 4.92 Å². The van der Waals surface area contributed by atoms with E-state index >= 15 is 0 Å². The molecule has 0 aliphatic heterocycles. The van der Waals surface area contributed by atoms with E-state index in [0.29, 0.717) is 0 Å². The average molecular weight is 360 g/mol. The van der Waals surface area contributed by atoms with Crippen LogP contribution in [0.4, 0.5) is 5.69 Å². The van der Waals surface area contributed by atoms with E-state index in [1.54, 1.807) is 6.92 Å². The van der Waals surface area contributed by atoms with Gasteiger partial charge in [-0.15, -0.1) is 0 Å². The molecule has 2 atom stereocenters. The van der Waals surface area contributed by atoms with Crippen molar-refractivity contribution < 1.29 is 9.72 Å². The molecule has 2 unspecified atom stereocenters. The van der Waals surface area contributed by atoms with Crippen LogP contribution in [0, 0.1) is 33.3 Å². The molecule has 1 heterocycles. The highest BCUT2D eigenvalue weighted by molar-refractivity contribution is 5.80. The molecule has 0 radical (unpaired) electrons. The fourth-order valence-corrected chi connectivity index (χ4v) is 6.34. The standard InChI is InChI=1S/C19H28N4O3/c1-3-17(19-7-13-4-14(8-19)6-15(5-13)9-19)21-18(24)12(2)22-11-16(10-20-22)23(25)26/h10-15,17H,3-9H2,1-2H3,(H,21,24). The van der Waals surface area contributed by atoms with Crippen LogP contribution >= 0.6 is 0 Å². The van der Waals surface area contributed by atoms with Gasteiger partial charge in [-0.1, -0.05) is 6.92 Å². The second kappa shape index (κ2) is 6.35. The Balaban J connectivity index is 1.47. The third-order valence-corrected chi connectivity index (χ3v) is 7.12. The Morgan fingerprint density at radius 1 is 1.35 bits per heavy atom. The molecule has 1 N–H and O–H groups in total. The monoisotopic (exact) mass is 360 g/mol. The number of hydrogen-bond donors (Lipinski definition) is 1. The van der Waals surface area contributed by atoms with Crippen molar-refractivity contribution in [3.63, 3.8) is 0 Å². The van der Waals surface area contributed by atoms with Gasteiger partial charge in [-0.25, -0.2) is 0 Å². The first-order chi connectivity index (χ1) is 12.4. The summed E-state index contributed by atoms with van der Waals surface area (Å²) in [5.41, 5.74) is 0.174. The number of rotatable bonds is 6. The summed E-state index contributed by atoms with van der Waals surface area (Å²) in [5.74, 6) is 2.45. The van der Waals surface area contributed by atoms with Gasteiger partial charge >= 0.3 is 5.69 Å². The molecule has 4 fully saturated rings. The van der Waals surface area contributed by atoms with Gasteiger partial charge in [0.25, 0.3) is 0 Å². The largest absolute Gasteiger partial charge is 0.351 e. The first-order valence-electron chi connectivity index (χ1n) is 9.89. The molecule has 7 nitrogen and oxygen atoms in total. The molecule has 1 amide bonds. The highest BCUT2D eigenvalue weighted by Crippen LogP contribution is 2.61. The zero-order valence-electron chi connectivity index (χ0n) is 15.6. The first kappa shape index (κ1) is 17.5. The lowest BCUT2D eigenvalue weighted by Crippen LogP contribution is -2.57. The number of hydrogen-bond acceptors (Lipinski definition) is 4. The lowest BCUT2D eigenvalue weighted by molar-refractivity contribution is -0.385. The van der Waals surface area contributed by atoms with Crippen LogP contribution in [0.25, 0.3) is 0 Å². The van der Waals surface area contributed by atoms with Gasteiger partial charge in [0, 0.05) is 6.04 Å². The minimum Gasteiger partial charge on any atom is -0.351 e. The molecule has 5 rings (SSSR count). The summed E-state index contributed by atoms with van der Waals surface area (Å²) in [6.07, 6.45) is 11.4. The lowest BCUT2D eigenvalue weighted by atomic mass is 9.47. The van der Waals surface area contributed by atoms with Crippen LogP contribution in [0.1, 0.15) is 64.8 Å². The first-order valence-corrected chi connectivity index (χ1v) is 9.89. The van der Waals surface area contributed by atoms with Crippen molar-refractivity contribution in [1.29, 1.82) is 0 Å². The molecule has 0 saturated heterocycles. The summed E-state index contributed by atoms with van der Waals surface area (Å²) in [4.78, 5) is 23.2. The molecule has 4 saturated carbocycles. The maximum Gasteiger partial charge on any atom is 0.307 e. The molecule has 0 aromatic carbocycles. The fourth-order valence-electron chi connectivity index (χ4n) is 6.34. The van der Waals surface area contributed by atoms with Crippen molar-refractivity contribution in [2.24, 2.45) is 23.2 Å². The summed E-state index contributed by atoms with van der Waals surface area (Å²) in [5, 5.41) is 18.1. The highest BCUT2D eigenvalue weighted by Gasteiger charge is 2.54. The number of carbonyl (C=O) groups excluding carboxylic acids is 1. The maximum atomic E-state index is 12.8. The third kappa shape index (κ3) is 2.91. The Hall–Kier alpha value is -1.92. The Bertz CT molecular complexity index is 678. The third-order valence-electron chi connectivity index (χ3n) is 7.12. The van der Waals surface area contributed by atoms with E-state index in [-0.39, 0.29) is 23.1 Å². The van der Waals surface area contributed by atoms with Gasteiger partial charge in [-0.2, -0.15) is 5.10 Å². The van der Waals surface area contributed by atoms with Crippen molar-refractivity contribution in [1.82, 2.24) is 15.1 Å². The van der Waals surface area contributed by atoms with Crippen molar-refractivity contribution in [2.75, 3.05) is 0 Å². The Morgan fingerprint density at radius 2 is 1.92 bits per heavy atom. The van der Waals surface area contributed by atoms with Gasteiger partial charge in [0.2, 0.25) is 5.91 Å². The predicted octanol–water partition coefficient (Wildman–Crippen LogP) is 3.46. The second-order valence-electron chi connectivity index (χ2n) is 8.86. The zero-order valence-corrected chi connectivity index (χ0v) is 15.6. The molecule has 7 heteroatoms. The number of nitro groups is 1. The van der Waals surface area contributed by atoms with E-state index < -0.39 is 11.0 Å². The molecule has 4 aliphatic carbocycles. The summed E-state index contributed by atoms with van der Waals surface area (Å²) in [6.45, 7) is 3.91. The van der Waals surface area contributed by atoms with Crippen LogP contribution in [0.2, 0.25) is 0 Å². The van der Waals surface area contributed by atoms with E-state index in [0.717, 1.165) is 24.2 Å². The smallest absolute Gasteiger partial charge is 0.307 e. The number of nitrogens with one attached hydrogen (secondary N) is 1. The molecule has 4 aliphatic rings. The van der Waals surface area contributed by atoms with Gasteiger partial charge in [0.15, 0.2) is 0 Å². The van der Waals surface area contributed by atoms with Crippen molar-refractivity contribution >= 4 is 11.6 Å². The van der Waals surface area contributed by atoms with E-state index in [1.807, 2.05) is 0 Å². The molecule has 142 valence electrons. The number of aromatic nitrogens is 2. The van der Waals surface area contributed by atoms with Crippen LogP contribution in [0.3, 0.4) is 0 Å². The van der Waals surface area contributed by atoms with Crippen molar-refractivity contribution in [2.45, 2.75) is 70.9 Å². The fraction of sp³-hybridized carbons (Fsp3) is 0.789. The molecule has 1 aromatic rings. The van der Waals surface area contributed by atoms with Crippen LogP contribution in [0.5, 0.6) is 0 Å². The van der Waals surface area contributed by atoms with Crippen LogP contribution < -0.4 is 5.32 Å². The second-order valence-corrected chi connectivity index (χ2v) is 8.86. The summed E-state index contributed by atoms with van der Waals surface area (Å²) < 4.78 is 1.39. The Labute approximate surface area is 153 Å². The Morgan fingerprint density at radius 3 is 2.38 bits per heavy atom. The quantitative estimate of drug-likeness (QED) is 0.621. The highest BCUT2D eigenvalue weighted by atomic mass is 16.6. The number of nitrogens with zero attached hydrogens (tertiary/aromatic N) is 3. The van der Waals surface area contributed by atoms with E-state index in [1.165, 1.54) is 55.6 Å². The maximum absolute atomic E-state index is 12.8. The normalized spacial score (nSPS) is 34.5. The average Bonchev–Trinajstić information content (AvgIpc) is 3.07. The van der Waals surface area contributed by atoms with Crippen LogP contribution in [0.15, 0.2) is 12.4 Å². The number of carbonyl (C=O) groups is 1. The van der Waals surface area contributed by atoms with Gasteiger partial charge in [0.1, 0.15) is 18.4 Å². The number of amides is 1. The summed E-state index contributed by atoms with van der Waals surface area (Å²) in [7, 11) is 0. The molecule has 26 heavy (non-hydrogen) atoms. The van der Waals surface area contributed by atoms with E-state index in [9.17, 15) is 14.9 Å². The molecule has 1 aromatic heterocycles. The molecular weight excluding hydrogens is 332 g/mol. The van der Waals surface area contributed by atoms with Gasteiger partial charge in [-0.3, -0.25) is 19.6 Å². The molecule has 0 spiro atoms. The summed E-state index contributed by atoms with van der Waals surface area (Å²) >= 11 is 0. The van der Waals surface area contributed by atoms with E-state index in [4.69, 9.17) is 0 Å². The van der Waals surface area contributed by atoms with Crippen LogP contribution in [-0.4, -0.2) is 26.7 Å². The van der Waals surface area contributed by atoms with E-state index in [2.05, 4.69) is 17.3 Å². The van der Waals surface area contributed by atoms with Gasteiger partial charge in [-0.05, 0) is 75.0 Å². The molecular formula is C19H28N4O3. The predicted molar refractivity (Wildman–Crippen MR) is 96.4 cm³/mol. The Kier molecular flexibility index (Phi) is 4.28. The minimum atomic E-state index is -0.549. The lowest BCUT2D eigenvalue weighted by Gasteiger charge is -2.59. The van der Waals surface area contributed by atoms with Crippen molar-refractivity contribution in [3.8, 4) is 0 Å². The summed E-state index contributed by atoms with van der Waals surface area (Å²) in [6, 6.07) is -0.358. The van der Waals surface area contributed by atoms with Crippen molar-refractivity contribution in [3.05, 3.63) is 22.5 Å². The SMILES string of the molecule is CCC(NC(=O)C(C)n1cc([N+](=O)[O-])cn1)C12CC3CC(CC(C3)C1)C2. The minimum absolute atomic E-state index is 0.0854. The zero-order chi connectivity index (χ0) is 18.5. The topological polar surface area (TPSA) is 90.1 Å². The molecule has 4 bridgehead atoms.